The van der Waals surface area contributed by atoms with Gasteiger partial charge in [0.1, 0.15) is 6.54 Å². The van der Waals surface area contributed by atoms with Gasteiger partial charge in [0, 0.05) is 0 Å². The number of ether oxygens (including phenoxy) is 1. The number of hydrogen-bond acceptors (Lipinski definition) is 5. The molecule has 0 aliphatic heterocycles. The van der Waals surface area contributed by atoms with Gasteiger partial charge in [-0.15, -0.1) is 0 Å². The summed E-state index contributed by atoms with van der Waals surface area (Å²) in [6.07, 6.45) is 2.79. The summed E-state index contributed by atoms with van der Waals surface area (Å²) in [6, 6.07) is 15.5. The van der Waals surface area contributed by atoms with E-state index in [-0.39, 0.29) is 10.9 Å². The van der Waals surface area contributed by atoms with Gasteiger partial charge in [0.15, 0.2) is 6.61 Å². The van der Waals surface area contributed by atoms with E-state index in [9.17, 15) is 18.0 Å². The predicted molar refractivity (Wildman–Crippen MR) is 103 cm³/mol. The highest BCUT2D eigenvalue weighted by Gasteiger charge is 2.22. The molecular formula is C20H22N2O5S. The number of aryl methyl sites for hydroxylation is 1. The molecule has 2 aromatic carbocycles. The molecule has 1 amide bonds. The molecule has 2 aromatic rings. The van der Waals surface area contributed by atoms with Crippen LogP contribution in [0.1, 0.15) is 30.0 Å². The van der Waals surface area contributed by atoms with Gasteiger partial charge in [0.2, 0.25) is 10.0 Å². The smallest absolute Gasteiger partial charge is 0.321 e. The Hall–Kier alpha value is -2.71. The van der Waals surface area contributed by atoms with Gasteiger partial charge in [0.05, 0.1) is 10.9 Å². The quantitative estimate of drug-likeness (QED) is 0.687. The summed E-state index contributed by atoms with van der Waals surface area (Å²) in [5, 5.41) is 2.87. The van der Waals surface area contributed by atoms with Crippen LogP contribution in [0.3, 0.4) is 0 Å². The number of benzene rings is 2. The second-order valence-corrected chi connectivity index (χ2v) is 8.28. The molecule has 7 nitrogen and oxygen atoms in total. The van der Waals surface area contributed by atoms with Crippen LogP contribution in [0.2, 0.25) is 0 Å². The Balaban J connectivity index is 1.46. The molecule has 0 radical (unpaired) electrons. The molecule has 0 bridgehead atoms. The Kier molecular flexibility index (Phi) is 6.43. The minimum Gasteiger partial charge on any atom is -0.455 e. The highest BCUT2D eigenvalue weighted by molar-refractivity contribution is 7.89. The molecule has 28 heavy (non-hydrogen) atoms. The van der Waals surface area contributed by atoms with Crippen molar-refractivity contribution in [3.05, 3.63) is 65.7 Å². The average Bonchev–Trinajstić information content (AvgIpc) is 2.72. The van der Waals surface area contributed by atoms with Crippen molar-refractivity contribution in [2.75, 3.05) is 13.2 Å². The molecule has 0 saturated carbocycles. The van der Waals surface area contributed by atoms with E-state index in [1.54, 1.807) is 18.2 Å². The van der Waals surface area contributed by atoms with Gasteiger partial charge in [-0.1, -0.05) is 42.5 Å². The molecule has 0 spiro atoms. The summed E-state index contributed by atoms with van der Waals surface area (Å²) in [7, 11) is -3.80. The molecule has 2 N–H and O–H groups in total. The van der Waals surface area contributed by atoms with E-state index in [4.69, 9.17) is 4.74 Å². The Morgan fingerprint density at radius 2 is 1.75 bits per heavy atom. The van der Waals surface area contributed by atoms with Gasteiger partial charge < -0.3 is 10.1 Å². The lowest BCUT2D eigenvalue weighted by atomic mass is 9.88. The van der Waals surface area contributed by atoms with Gasteiger partial charge in [-0.25, -0.2) is 8.42 Å². The van der Waals surface area contributed by atoms with Crippen LogP contribution >= 0.6 is 0 Å². The first-order valence-corrected chi connectivity index (χ1v) is 10.5. The van der Waals surface area contributed by atoms with Gasteiger partial charge in [-0.2, -0.15) is 4.72 Å². The number of amides is 1. The summed E-state index contributed by atoms with van der Waals surface area (Å²) in [5.74, 6) is -1.24. The summed E-state index contributed by atoms with van der Waals surface area (Å²) >= 11 is 0. The van der Waals surface area contributed by atoms with E-state index in [1.807, 2.05) is 24.3 Å². The lowest BCUT2D eigenvalue weighted by Crippen LogP contribution is -2.36. The van der Waals surface area contributed by atoms with Gasteiger partial charge in [0.25, 0.3) is 5.91 Å². The zero-order chi connectivity index (χ0) is 20.0. The fourth-order valence-electron chi connectivity index (χ4n) is 3.17. The van der Waals surface area contributed by atoms with Crippen LogP contribution in [-0.2, 0) is 30.8 Å². The molecule has 0 aromatic heterocycles. The third-order valence-electron chi connectivity index (χ3n) is 4.53. The molecule has 0 fully saturated rings. The highest BCUT2D eigenvalue weighted by atomic mass is 32.2. The maximum absolute atomic E-state index is 12.1. The standard InChI is InChI=1S/C20H22N2O5S/c23-19(22-18-12-6-8-15-7-4-5-11-17(15)18)14-27-20(24)13-21-28(25,26)16-9-2-1-3-10-16/h1-5,7,9-11,18,21H,6,8,12-14H2,(H,22,23)/t18-/m0/s1. The maximum Gasteiger partial charge on any atom is 0.321 e. The zero-order valence-electron chi connectivity index (χ0n) is 15.3. The molecule has 0 unspecified atom stereocenters. The minimum absolute atomic E-state index is 0.0523. The van der Waals surface area contributed by atoms with Crippen molar-refractivity contribution in [3.63, 3.8) is 0 Å². The Morgan fingerprint density at radius 1 is 1.04 bits per heavy atom. The normalized spacial score (nSPS) is 16.1. The molecular weight excluding hydrogens is 380 g/mol. The van der Waals surface area contributed by atoms with Crippen LogP contribution in [0.25, 0.3) is 0 Å². The number of rotatable bonds is 7. The third-order valence-corrected chi connectivity index (χ3v) is 5.95. The Morgan fingerprint density at radius 3 is 2.54 bits per heavy atom. The monoisotopic (exact) mass is 402 g/mol. The number of esters is 1. The van der Waals surface area contributed by atoms with Crippen molar-refractivity contribution < 1.29 is 22.7 Å². The van der Waals surface area contributed by atoms with E-state index in [1.165, 1.54) is 17.7 Å². The lowest BCUT2D eigenvalue weighted by molar-refractivity contribution is -0.147. The number of carbonyl (C=O) groups excluding carboxylic acids is 2. The fraction of sp³-hybridized carbons (Fsp3) is 0.300. The molecule has 1 aliphatic carbocycles. The SMILES string of the molecule is O=C(COC(=O)CNS(=O)(=O)c1ccccc1)N[C@H]1CCCc2ccccc21. The molecule has 8 heteroatoms. The summed E-state index contributed by atoms with van der Waals surface area (Å²) in [6.45, 7) is -0.999. The van der Waals surface area contributed by atoms with Crippen LogP contribution < -0.4 is 10.0 Å². The minimum atomic E-state index is -3.80. The number of sulfonamides is 1. The van der Waals surface area contributed by atoms with E-state index >= 15 is 0 Å². The highest BCUT2D eigenvalue weighted by Crippen LogP contribution is 2.29. The van der Waals surface area contributed by atoms with Crippen LogP contribution in [0, 0.1) is 0 Å². The van der Waals surface area contributed by atoms with E-state index in [0.717, 1.165) is 24.8 Å². The zero-order valence-corrected chi connectivity index (χ0v) is 16.1. The maximum atomic E-state index is 12.1. The van der Waals surface area contributed by atoms with Gasteiger partial charge in [-0.3, -0.25) is 9.59 Å². The molecule has 1 aliphatic rings. The van der Waals surface area contributed by atoms with Crippen molar-refractivity contribution in [1.29, 1.82) is 0 Å². The molecule has 0 heterocycles. The molecule has 1 atom stereocenters. The van der Waals surface area contributed by atoms with Gasteiger partial charge in [-0.05, 0) is 42.5 Å². The van der Waals surface area contributed by atoms with Crippen LogP contribution in [-0.4, -0.2) is 33.4 Å². The lowest BCUT2D eigenvalue weighted by Gasteiger charge is -2.26. The van der Waals surface area contributed by atoms with Crippen LogP contribution in [0.15, 0.2) is 59.5 Å². The first kappa shape index (κ1) is 20.0. The number of fused-ring (bicyclic) bond motifs is 1. The molecule has 148 valence electrons. The fourth-order valence-corrected chi connectivity index (χ4v) is 4.16. The van der Waals surface area contributed by atoms with E-state index in [2.05, 4.69) is 10.0 Å². The van der Waals surface area contributed by atoms with E-state index < -0.39 is 35.1 Å². The van der Waals surface area contributed by atoms with Crippen molar-refractivity contribution in [2.24, 2.45) is 0 Å². The topological polar surface area (TPSA) is 102 Å². The molecule has 3 rings (SSSR count). The van der Waals surface area contributed by atoms with E-state index in [0.29, 0.717) is 0 Å². The first-order chi connectivity index (χ1) is 13.5. The largest absolute Gasteiger partial charge is 0.455 e. The first-order valence-electron chi connectivity index (χ1n) is 9.03. The summed E-state index contributed by atoms with van der Waals surface area (Å²) in [4.78, 5) is 24.0. The summed E-state index contributed by atoms with van der Waals surface area (Å²) in [5.41, 5.74) is 2.30. The van der Waals surface area contributed by atoms with Gasteiger partial charge >= 0.3 is 5.97 Å². The Bertz CT molecular complexity index is 944. The average molecular weight is 402 g/mol. The number of nitrogens with one attached hydrogen (secondary N) is 2. The van der Waals surface area contributed by atoms with Crippen molar-refractivity contribution >= 4 is 21.9 Å². The predicted octanol–water partition coefficient (Wildman–Crippen LogP) is 1.70. The number of carbonyl (C=O) groups is 2. The second kappa shape index (κ2) is 8.99. The number of hydrogen-bond donors (Lipinski definition) is 2. The van der Waals surface area contributed by atoms with Crippen molar-refractivity contribution in [2.45, 2.75) is 30.2 Å². The summed E-state index contributed by atoms with van der Waals surface area (Å²) < 4.78 is 31.2. The van der Waals surface area contributed by atoms with Crippen LogP contribution in [0.5, 0.6) is 0 Å². The molecule has 0 saturated heterocycles. The van der Waals surface area contributed by atoms with Crippen molar-refractivity contribution in [1.82, 2.24) is 10.0 Å². The van der Waals surface area contributed by atoms with Crippen LogP contribution in [0.4, 0.5) is 0 Å². The third kappa shape index (κ3) is 5.17. The Labute approximate surface area is 164 Å². The van der Waals surface area contributed by atoms with Crippen molar-refractivity contribution in [3.8, 4) is 0 Å². The second-order valence-electron chi connectivity index (χ2n) is 6.51.